The Balaban J connectivity index is 2.35. The van der Waals surface area contributed by atoms with Crippen LogP contribution in [0.5, 0.6) is 5.88 Å². The summed E-state index contributed by atoms with van der Waals surface area (Å²) in [6.07, 6.45) is 4.58. The second kappa shape index (κ2) is 7.17. The molecule has 1 aromatic rings. The Morgan fingerprint density at radius 3 is 2.69 bits per heavy atom. The molecule has 4 nitrogen and oxygen atoms in total. The summed E-state index contributed by atoms with van der Waals surface area (Å²) >= 11 is 0. The van der Waals surface area contributed by atoms with Crippen molar-refractivity contribution in [3.63, 3.8) is 0 Å². The molecular weight excluding hydrogens is 202 g/mol. The van der Waals surface area contributed by atoms with Crippen molar-refractivity contribution in [2.75, 3.05) is 13.2 Å². The average Bonchev–Trinajstić information content (AvgIpc) is 2.28. The van der Waals surface area contributed by atoms with Gasteiger partial charge in [-0.15, -0.1) is 0 Å². The highest BCUT2D eigenvalue weighted by molar-refractivity contribution is 5.07. The van der Waals surface area contributed by atoms with Gasteiger partial charge in [0.1, 0.15) is 0 Å². The van der Waals surface area contributed by atoms with E-state index in [1.807, 2.05) is 0 Å². The van der Waals surface area contributed by atoms with Crippen LogP contribution in [0.1, 0.15) is 32.9 Å². The summed E-state index contributed by atoms with van der Waals surface area (Å²) in [6.45, 7) is 8.81. The van der Waals surface area contributed by atoms with Crippen molar-refractivity contribution in [3.05, 3.63) is 18.1 Å². The molecule has 0 fully saturated rings. The molecule has 16 heavy (non-hydrogen) atoms. The average molecular weight is 223 g/mol. The van der Waals surface area contributed by atoms with Gasteiger partial charge in [-0.2, -0.15) is 0 Å². The lowest BCUT2D eigenvalue weighted by atomic mass is 10.2. The van der Waals surface area contributed by atoms with Gasteiger partial charge in [-0.3, -0.25) is 4.98 Å². The summed E-state index contributed by atoms with van der Waals surface area (Å²) in [6, 6.07) is 0. The number of aromatic nitrogens is 2. The molecule has 1 rings (SSSR count). The van der Waals surface area contributed by atoms with Crippen molar-refractivity contribution in [3.8, 4) is 5.88 Å². The molecule has 4 heteroatoms. The fourth-order valence-corrected chi connectivity index (χ4v) is 1.15. The summed E-state index contributed by atoms with van der Waals surface area (Å²) in [5.41, 5.74) is 0.949. The van der Waals surface area contributed by atoms with E-state index in [2.05, 4.69) is 36.1 Å². The maximum Gasteiger partial charge on any atom is 0.232 e. The van der Waals surface area contributed by atoms with E-state index in [1.165, 1.54) is 0 Å². The van der Waals surface area contributed by atoms with E-state index < -0.39 is 0 Å². The molecule has 0 aliphatic heterocycles. The molecule has 0 radical (unpaired) electrons. The molecule has 0 atom stereocenters. The van der Waals surface area contributed by atoms with Gasteiger partial charge in [-0.1, -0.05) is 20.8 Å². The maximum absolute atomic E-state index is 5.45. The molecular formula is C12H21N3O. The standard InChI is InChI=1S/C12H21N3O/c1-4-5-13-6-11-7-15-12(8-14-11)16-9-10(2)3/h7-8,10,13H,4-6,9H2,1-3H3. The van der Waals surface area contributed by atoms with Crippen LogP contribution in [-0.4, -0.2) is 23.1 Å². The van der Waals surface area contributed by atoms with E-state index in [1.54, 1.807) is 12.4 Å². The van der Waals surface area contributed by atoms with Crippen molar-refractivity contribution in [2.24, 2.45) is 5.92 Å². The molecule has 0 spiro atoms. The van der Waals surface area contributed by atoms with E-state index in [0.717, 1.165) is 25.2 Å². The first-order chi connectivity index (χ1) is 7.72. The van der Waals surface area contributed by atoms with Gasteiger partial charge < -0.3 is 10.1 Å². The Morgan fingerprint density at radius 1 is 1.31 bits per heavy atom. The first-order valence-electron chi connectivity index (χ1n) is 5.86. The van der Waals surface area contributed by atoms with Gasteiger partial charge in [0, 0.05) is 6.54 Å². The minimum absolute atomic E-state index is 0.507. The third kappa shape index (κ3) is 5.07. The highest BCUT2D eigenvalue weighted by Crippen LogP contribution is 2.05. The quantitative estimate of drug-likeness (QED) is 0.718. The molecule has 1 N–H and O–H groups in total. The first kappa shape index (κ1) is 12.9. The van der Waals surface area contributed by atoms with Gasteiger partial charge >= 0.3 is 0 Å². The molecule has 1 aromatic heterocycles. The highest BCUT2D eigenvalue weighted by atomic mass is 16.5. The summed E-state index contributed by atoms with van der Waals surface area (Å²) in [5, 5.41) is 3.28. The largest absolute Gasteiger partial charge is 0.476 e. The van der Waals surface area contributed by atoms with E-state index >= 15 is 0 Å². The van der Waals surface area contributed by atoms with E-state index in [0.29, 0.717) is 18.4 Å². The third-order valence-electron chi connectivity index (χ3n) is 1.98. The molecule has 0 bridgehead atoms. The van der Waals surface area contributed by atoms with Crippen LogP contribution >= 0.6 is 0 Å². The number of hydrogen-bond acceptors (Lipinski definition) is 4. The Morgan fingerprint density at radius 2 is 2.12 bits per heavy atom. The fraction of sp³-hybridized carbons (Fsp3) is 0.667. The topological polar surface area (TPSA) is 47.0 Å². The third-order valence-corrected chi connectivity index (χ3v) is 1.98. The highest BCUT2D eigenvalue weighted by Gasteiger charge is 2.00. The monoisotopic (exact) mass is 223 g/mol. The SMILES string of the molecule is CCCNCc1cnc(OCC(C)C)cn1. The molecule has 0 unspecified atom stereocenters. The van der Waals surface area contributed by atoms with Crippen LogP contribution in [0.3, 0.4) is 0 Å². The molecule has 0 aromatic carbocycles. The molecule has 0 aliphatic carbocycles. The lowest BCUT2D eigenvalue weighted by Gasteiger charge is -2.07. The maximum atomic E-state index is 5.45. The van der Waals surface area contributed by atoms with Crippen molar-refractivity contribution in [1.29, 1.82) is 0 Å². The Labute approximate surface area is 97.5 Å². The molecule has 90 valence electrons. The van der Waals surface area contributed by atoms with Gasteiger partial charge in [0.2, 0.25) is 5.88 Å². The van der Waals surface area contributed by atoms with Crippen LogP contribution in [0, 0.1) is 5.92 Å². The summed E-state index contributed by atoms with van der Waals surface area (Å²) < 4.78 is 5.45. The van der Waals surface area contributed by atoms with Gasteiger partial charge in [0.25, 0.3) is 0 Å². The zero-order valence-electron chi connectivity index (χ0n) is 10.4. The predicted molar refractivity (Wildman–Crippen MR) is 64.4 cm³/mol. The Kier molecular flexibility index (Phi) is 5.78. The van der Waals surface area contributed by atoms with Gasteiger partial charge in [0.15, 0.2) is 0 Å². The number of nitrogens with zero attached hydrogens (tertiary/aromatic N) is 2. The van der Waals surface area contributed by atoms with Crippen LogP contribution in [0.25, 0.3) is 0 Å². The fourth-order valence-electron chi connectivity index (χ4n) is 1.15. The molecule has 1 heterocycles. The van der Waals surface area contributed by atoms with Crippen molar-refractivity contribution in [2.45, 2.75) is 33.7 Å². The van der Waals surface area contributed by atoms with Crippen LogP contribution in [0.15, 0.2) is 12.4 Å². The molecule has 0 saturated carbocycles. The number of nitrogens with one attached hydrogen (secondary N) is 1. The van der Waals surface area contributed by atoms with Crippen LogP contribution < -0.4 is 10.1 Å². The zero-order valence-corrected chi connectivity index (χ0v) is 10.4. The normalized spacial score (nSPS) is 10.8. The van der Waals surface area contributed by atoms with Gasteiger partial charge in [-0.25, -0.2) is 4.98 Å². The lowest BCUT2D eigenvalue weighted by Crippen LogP contribution is -2.15. The number of rotatable bonds is 7. The van der Waals surface area contributed by atoms with Crippen LogP contribution in [0.4, 0.5) is 0 Å². The lowest BCUT2D eigenvalue weighted by molar-refractivity contribution is 0.260. The minimum atomic E-state index is 0.507. The van der Waals surface area contributed by atoms with Crippen molar-refractivity contribution < 1.29 is 4.74 Å². The van der Waals surface area contributed by atoms with Gasteiger partial charge in [-0.05, 0) is 18.9 Å². The molecule has 0 amide bonds. The zero-order chi connectivity index (χ0) is 11.8. The first-order valence-corrected chi connectivity index (χ1v) is 5.86. The van der Waals surface area contributed by atoms with E-state index in [-0.39, 0.29) is 0 Å². The second-order valence-electron chi connectivity index (χ2n) is 4.23. The minimum Gasteiger partial charge on any atom is -0.476 e. The Hall–Kier alpha value is -1.16. The number of ether oxygens (including phenoxy) is 1. The van der Waals surface area contributed by atoms with E-state index in [9.17, 15) is 0 Å². The summed E-state index contributed by atoms with van der Waals surface area (Å²) in [7, 11) is 0. The van der Waals surface area contributed by atoms with Crippen molar-refractivity contribution >= 4 is 0 Å². The predicted octanol–water partition coefficient (Wildman–Crippen LogP) is 2.01. The van der Waals surface area contributed by atoms with Crippen LogP contribution in [-0.2, 0) is 6.54 Å². The summed E-state index contributed by atoms with van der Waals surface area (Å²) in [4.78, 5) is 8.48. The number of hydrogen-bond donors (Lipinski definition) is 1. The van der Waals surface area contributed by atoms with Crippen molar-refractivity contribution in [1.82, 2.24) is 15.3 Å². The van der Waals surface area contributed by atoms with Gasteiger partial charge in [0.05, 0.1) is 24.7 Å². The van der Waals surface area contributed by atoms with Crippen LogP contribution in [0.2, 0.25) is 0 Å². The summed E-state index contributed by atoms with van der Waals surface area (Å²) in [5.74, 6) is 1.11. The van der Waals surface area contributed by atoms with E-state index in [4.69, 9.17) is 4.74 Å². The Bertz CT molecular complexity index is 285. The molecule has 0 saturated heterocycles. The smallest absolute Gasteiger partial charge is 0.232 e. The second-order valence-corrected chi connectivity index (χ2v) is 4.23. The molecule has 0 aliphatic rings.